The van der Waals surface area contributed by atoms with E-state index in [1.165, 1.54) is 24.7 Å². The van der Waals surface area contributed by atoms with Crippen LogP contribution in [0.1, 0.15) is 57.2 Å². The third kappa shape index (κ3) is 3.09. The van der Waals surface area contributed by atoms with Crippen molar-refractivity contribution in [3.05, 3.63) is 33.5 Å². The van der Waals surface area contributed by atoms with E-state index < -0.39 is 0 Å². The molecule has 0 saturated heterocycles. The van der Waals surface area contributed by atoms with Crippen LogP contribution in [-0.2, 0) is 19.5 Å². The Hall–Kier alpha value is -2.02. The van der Waals surface area contributed by atoms with Gasteiger partial charge >= 0.3 is 0 Å². The van der Waals surface area contributed by atoms with Gasteiger partial charge in [0.05, 0.1) is 16.3 Å². The highest BCUT2D eigenvalue weighted by molar-refractivity contribution is 7.15. The van der Waals surface area contributed by atoms with E-state index in [-0.39, 0.29) is 11.7 Å². The fraction of sp³-hybridized carbons (Fsp3) is 0.467. The normalized spacial score (nSPS) is 14.2. The number of nitrogens with one attached hydrogen (secondary N) is 1. The zero-order valence-corrected chi connectivity index (χ0v) is 13.3. The summed E-state index contributed by atoms with van der Waals surface area (Å²) in [4.78, 5) is 24.6. The summed E-state index contributed by atoms with van der Waals surface area (Å²) in [6, 6.07) is 3.37. The molecule has 0 fully saturated rings. The van der Waals surface area contributed by atoms with Crippen LogP contribution in [0.25, 0.3) is 0 Å². The van der Waals surface area contributed by atoms with E-state index in [0.717, 1.165) is 37.5 Å². The van der Waals surface area contributed by atoms with Crippen LogP contribution in [0.3, 0.4) is 0 Å². The van der Waals surface area contributed by atoms with E-state index in [4.69, 9.17) is 0 Å². The smallest absolute Gasteiger partial charge is 0.261 e. The van der Waals surface area contributed by atoms with Gasteiger partial charge in [0.25, 0.3) is 5.91 Å². The van der Waals surface area contributed by atoms with Crippen LogP contribution in [0.5, 0.6) is 0 Å². The van der Waals surface area contributed by atoms with E-state index >= 15 is 0 Å². The van der Waals surface area contributed by atoms with Crippen molar-refractivity contribution in [2.75, 3.05) is 0 Å². The molecule has 2 aromatic rings. The highest BCUT2D eigenvalue weighted by Gasteiger charge is 2.16. The Morgan fingerprint density at radius 1 is 1.23 bits per heavy atom. The monoisotopic (exact) mass is 318 g/mol. The third-order valence-corrected chi connectivity index (χ3v) is 4.95. The number of aromatic nitrogens is 3. The second-order valence-corrected chi connectivity index (χ2v) is 6.48. The number of thiophene rings is 1. The molecule has 0 aliphatic carbocycles. The molecule has 0 bridgehead atoms. The summed E-state index contributed by atoms with van der Waals surface area (Å²) in [5.41, 5.74) is 0. The van der Waals surface area contributed by atoms with Gasteiger partial charge in [-0.1, -0.05) is 6.42 Å². The Morgan fingerprint density at radius 2 is 2.05 bits per heavy atom. The maximum atomic E-state index is 12.1. The number of fused-ring (bicyclic) bond motifs is 1. The van der Waals surface area contributed by atoms with Crippen molar-refractivity contribution in [1.82, 2.24) is 20.1 Å². The van der Waals surface area contributed by atoms with E-state index in [1.54, 1.807) is 12.1 Å². The Kier molecular flexibility index (Phi) is 4.33. The minimum absolute atomic E-state index is 0.0215. The number of nitrogens with zero attached hydrogens (tertiary/aromatic N) is 3. The van der Waals surface area contributed by atoms with Gasteiger partial charge < -0.3 is 9.88 Å². The van der Waals surface area contributed by atoms with E-state index in [0.29, 0.717) is 16.3 Å². The Balaban J connectivity index is 1.66. The molecule has 1 amide bonds. The van der Waals surface area contributed by atoms with Crippen LogP contribution < -0.4 is 5.32 Å². The van der Waals surface area contributed by atoms with Crippen LogP contribution >= 0.6 is 11.3 Å². The van der Waals surface area contributed by atoms with Crippen molar-refractivity contribution in [3.8, 4) is 0 Å². The van der Waals surface area contributed by atoms with Crippen molar-refractivity contribution < 1.29 is 9.59 Å². The number of hydrogen-bond donors (Lipinski definition) is 1. The average Bonchev–Trinajstić information content (AvgIpc) is 3.07. The molecule has 0 spiro atoms. The third-order valence-electron chi connectivity index (χ3n) is 3.77. The summed E-state index contributed by atoms with van der Waals surface area (Å²) in [5, 5.41) is 11.3. The molecule has 0 aromatic carbocycles. The number of carbonyl (C=O) groups excluding carboxylic acids is 2. The van der Waals surface area contributed by atoms with E-state index in [1.807, 2.05) is 0 Å². The van der Waals surface area contributed by atoms with Crippen LogP contribution in [0.2, 0.25) is 0 Å². The average molecular weight is 318 g/mol. The minimum atomic E-state index is -0.177. The lowest BCUT2D eigenvalue weighted by molar-refractivity contribution is 0.0952. The summed E-state index contributed by atoms with van der Waals surface area (Å²) < 4.78 is 2.11. The predicted octanol–water partition coefficient (Wildman–Crippen LogP) is 2.20. The summed E-state index contributed by atoms with van der Waals surface area (Å²) in [6.07, 6.45) is 4.43. The van der Waals surface area contributed by atoms with Gasteiger partial charge in [-0.2, -0.15) is 0 Å². The van der Waals surface area contributed by atoms with Gasteiger partial charge in [0.2, 0.25) is 0 Å². The lowest BCUT2D eigenvalue weighted by Crippen LogP contribution is -2.24. The summed E-state index contributed by atoms with van der Waals surface area (Å²) >= 11 is 1.21. The van der Waals surface area contributed by atoms with Crippen LogP contribution in [-0.4, -0.2) is 26.5 Å². The van der Waals surface area contributed by atoms with E-state index in [9.17, 15) is 9.59 Å². The summed E-state index contributed by atoms with van der Waals surface area (Å²) in [6.45, 7) is 2.78. The van der Waals surface area contributed by atoms with Crippen molar-refractivity contribution in [2.24, 2.45) is 0 Å². The number of amides is 1. The second-order valence-electron chi connectivity index (χ2n) is 5.40. The Bertz CT molecular complexity index is 704. The first kappa shape index (κ1) is 14.9. The van der Waals surface area contributed by atoms with Gasteiger partial charge in [-0.05, 0) is 31.9 Å². The van der Waals surface area contributed by atoms with Gasteiger partial charge in [-0.3, -0.25) is 9.59 Å². The quantitative estimate of drug-likeness (QED) is 0.877. The topological polar surface area (TPSA) is 76.9 Å². The largest absolute Gasteiger partial charge is 0.344 e. The number of ketones is 1. The molecular formula is C15H18N4O2S. The van der Waals surface area contributed by atoms with Crippen LogP contribution in [0, 0.1) is 0 Å². The highest BCUT2D eigenvalue weighted by atomic mass is 32.1. The highest BCUT2D eigenvalue weighted by Crippen LogP contribution is 2.17. The Morgan fingerprint density at radius 3 is 2.82 bits per heavy atom. The number of hydrogen-bond acceptors (Lipinski definition) is 5. The molecule has 0 unspecified atom stereocenters. The standard InChI is InChI=1S/C15H18N4O2S/c1-10(20)11-6-7-12(22-11)15(21)16-9-14-18-17-13-5-3-2-4-8-19(13)14/h6-7H,2-5,8-9H2,1H3,(H,16,21). The fourth-order valence-corrected chi connectivity index (χ4v) is 3.39. The molecule has 1 N–H and O–H groups in total. The molecule has 0 saturated carbocycles. The molecule has 116 valence electrons. The van der Waals surface area contributed by atoms with Gasteiger partial charge in [0.1, 0.15) is 5.82 Å². The molecule has 1 aliphatic rings. The van der Waals surface area contributed by atoms with E-state index in [2.05, 4.69) is 20.1 Å². The minimum Gasteiger partial charge on any atom is -0.344 e. The zero-order chi connectivity index (χ0) is 15.5. The first-order valence-corrected chi connectivity index (χ1v) is 8.26. The molecule has 22 heavy (non-hydrogen) atoms. The number of carbonyl (C=O) groups is 2. The first-order chi connectivity index (χ1) is 10.6. The van der Waals surface area contributed by atoms with Crippen molar-refractivity contribution >= 4 is 23.0 Å². The molecule has 0 radical (unpaired) electrons. The van der Waals surface area contributed by atoms with Crippen molar-refractivity contribution in [3.63, 3.8) is 0 Å². The lowest BCUT2D eigenvalue weighted by atomic mass is 10.2. The molecule has 7 heteroatoms. The molecule has 6 nitrogen and oxygen atoms in total. The SMILES string of the molecule is CC(=O)c1ccc(C(=O)NCc2nnc3n2CCCCC3)s1. The number of rotatable bonds is 4. The lowest BCUT2D eigenvalue weighted by Gasteiger charge is -2.07. The zero-order valence-electron chi connectivity index (χ0n) is 12.5. The first-order valence-electron chi connectivity index (χ1n) is 7.45. The molecule has 0 atom stereocenters. The van der Waals surface area contributed by atoms with Crippen LogP contribution in [0.15, 0.2) is 12.1 Å². The molecule has 3 heterocycles. The molecule has 1 aliphatic heterocycles. The Labute approximate surface area is 132 Å². The second kappa shape index (κ2) is 6.39. The predicted molar refractivity (Wildman–Crippen MR) is 83.1 cm³/mol. The summed E-state index contributed by atoms with van der Waals surface area (Å²) in [7, 11) is 0. The van der Waals surface area contributed by atoms with Gasteiger partial charge in [0, 0.05) is 13.0 Å². The van der Waals surface area contributed by atoms with Gasteiger partial charge in [-0.25, -0.2) is 0 Å². The number of Topliss-reactive ketones (excluding diaryl/α,β-unsaturated/α-hetero) is 1. The molecule has 2 aromatic heterocycles. The van der Waals surface area contributed by atoms with Crippen LogP contribution in [0.4, 0.5) is 0 Å². The number of aryl methyl sites for hydroxylation is 1. The van der Waals surface area contributed by atoms with Crippen molar-refractivity contribution in [2.45, 2.75) is 45.7 Å². The maximum Gasteiger partial charge on any atom is 0.261 e. The molecule has 3 rings (SSSR count). The fourth-order valence-electron chi connectivity index (χ4n) is 2.57. The van der Waals surface area contributed by atoms with Crippen molar-refractivity contribution in [1.29, 1.82) is 0 Å². The maximum absolute atomic E-state index is 12.1. The van der Waals surface area contributed by atoms with Gasteiger partial charge in [0.15, 0.2) is 11.6 Å². The summed E-state index contributed by atoms with van der Waals surface area (Å²) in [5.74, 6) is 1.61. The van der Waals surface area contributed by atoms with Gasteiger partial charge in [-0.15, -0.1) is 21.5 Å². The molecular weight excluding hydrogens is 300 g/mol.